The molecule has 0 bridgehead atoms. The molecule has 3 rings (SSSR count). The number of nitrogens with one attached hydrogen (secondary N) is 1. The van der Waals surface area contributed by atoms with Crippen molar-refractivity contribution in [2.45, 2.75) is 0 Å². The molecule has 1 aliphatic heterocycles. The maximum absolute atomic E-state index is 11.8. The zero-order valence-electron chi connectivity index (χ0n) is 15.6. The predicted octanol–water partition coefficient (Wildman–Crippen LogP) is 3.10. The van der Waals surface area contributed by atoms with Crippen LogP contribution in [0.25, 0.3) is 0 Å². The normalized spacial score (nSPS) is 16.3. The highest BCUT2D eigenvalue weighted by Gasteiger charge is 2.25. The van der Waals surface area contributed by atoms with Crippen LogP contribution < -0.4 is 14.8 Å². The fourth-order valence-electron chi connectivity index (χ4n) is 2.26. The van der Waals surface area contributed by atoms with Crippen molar-refractivity contribution in [3.63, 3.8) is 0 Å². The van der Waals surface area contributed by atoms with Crippen molar-refractivity contribution in [3.8, 4) is 17.2 Å². The molecule has 0 saturated carbocycles. The lowest BCUT2D eigenvalue weighted by atomic mass is 10.2. The summed E-state index contributed by atoms with van der Waals surface area (Å²) >= 11 is 0.999. The highest BCUT2D eigenvalue weighted by atomic mass is 32.2. The van der Waals surface area contributed by atoms with Crippen molar-refractivity contribution < 1.29 is 23.8 Å². The van der Waals surface area contributed by atoms with Crippen molar-refractivity contribution in [2.24, 2.45) is 10.2 Å². The largest absolute Gasteiger partial charge is 0.497 e. The number of methoxy groups -OCH3 is 2. The molecule has 29 heavy (non-hydrogen) atoms. The maximum atomic E-state index is 11.8. The molecule has 2 aromatic carbocycles. The van der Waals surface area contributed by atoms with Gasteiger partial charge in [-0.15, -0.1) is 5.10 Å². The number of amides is 1. The van der Waals surface area contributed by atoms with Crippen LogP contribution in [0.4, 0.5) is 0 Å². The van der Waals surface area contributed by atoms with Gasteiger partial charge in [-0.3, -0.25) is 10.1 Å². The van der Waals surface area contributed by atoms with Crippen molar-refractivity contribution in [1.29, 1.82) is 0 Å². The van der Waals surface area contributed by atoms with Gasteiger partial charge in [0.2, 0.25) is 0 Å². The molecule has 1 fully saturated rings. The van der Waals surface area contributed by atoms with Gasteiger partial charge in [0.05, 0.1) is 25.3 Å². The first kappa shape index (κ1) is 20.2. The minimum Gasteiger partial charge on any atom is -0.497 e. The van der Waals surface area contributed by atoms with Crippen LogP contribution in [0.5, 0.6) is 17.2 Å². The molecular formula is C20H17N3O5S. The van der Waals surface area contributed by atoms with E-state index in [1.54, 1.807) is 19.2 Å². The lowest BCUT2D eigenvalue weighted by molar-refractivity contribution is -0.135. The van der Waals surface area contributed by atoms with E-state index in [4.69, 9.17) is 9.47 Å². The van der Waals surface area contributed by atoms with E-state index in [2.05, 4.69) is 20.3 Å². The monoisotopic (exact) mass is 411 g/mol. The molecule has 1 heterocycles. The van der Waals surface area contributed by atoms with Gasteiger partial charge in [0.25, 0.3) is 5.91 Å². The van der Waals surface area contributed by atoms with Crippen LogP contribution in [0.2, 0.25) is 0 Å². The number of nitrogens with zero attached hydrogens (tertiary/aromatic N) is 2. The molecule has 1 N–H and O–H groups in total. The Bertz CT molecular complexity index is 1020. The Labute approximate surface area is 171 Å². The SMILES string of the molecule is COC(=O)/C=C1/S/C(=N\N=Cc2ccccc2Oc2cccc(OC)c2)NC1=O. The molecule has 0 aliphatic carbocycles. The Hall–Kier alpha value is -3.59. The quantitative estimate of drug-likeness (QED) is 0.339. The zero-order chi connectivity index (χ0) is 20.6. The van der Waals surface area contributed by atoms with Crippen molar-refractivity contribution in [3.05, 3.63) is 65.1 Å². The lowest BCUT2D eigenvalue weighted by Crippen LogP contribution is -2.19. The summed E-state index contributed by atoms with van der Waals surface area (Å²) in [6, 6.07) is 14.6. The number of amidine groups is 1. The Kier molecular flexibility index (Phi) is 6.64. The summed E-state index contributed by atoms with van der Waals surface area (Å²) in [6.07, 6.45) is 2.61. The van der Waals surface area contributed by atoms with E-state index < -0.39 is 11.9 Å². The van der Waals surface area contributed by atoms with Crippen molar-refractivity contribution in [1.82, 2.24) is 5.32 Å². The molecule has 8 nitrogen and oxygen atoms in total. The van der Waals surface area contributed by atoms with Crippen LogP contribution in [0.15, 0.2) is 69.7 Å². The van der Waals surface area contributed by atoms with E-state index in [1.165, 1.54) is 13.3 Å². The first-order valence-electron chi connectivity index (χ1n) is 8.40. The van der Waals surface area contributed by atoms with Crippen molar-refractivity contribution in [2.75, 3.05) is 14.2 Å². The summed E-state index contributed by atoms with van der Waals surface area (Å²) < 4.78 is 15.6. The first-order chi connectivity index (χ1) is 14.1. The molecule has 1 amide bonds. The van der Waals surface area contributed by atoms with Gasteiger partial charge >= 0.3 is 5.97 Å². The highest BCUT2D eigenvalue weighted by Crippen LogP contribution is 2.27. The van der Waals surface area contributed by atoms with Crippen LogP contribution in [-0.4, -0.2) is 37.5 Å². The van der Waals surface area contributed by atoms with Gasteiger partial charge in [0.1, 0.15) is 17.2 Å². The summed E-state index contributed by atoms with van der Waals surface area (Å²) in [6.45, 7) is 0. The average molecular weight is 411 g/mol. The number of hydrogen-bond acceptors (Lipinski definition) is 8. The molecule has 9 heteroatoms. The lowest BCUT2D eigenvalue weighted by Gasteiger charge is -2.09. The molecule has 1 aliphatic rings. The third-order valence-electron chi connectivity index (χ3n) is 3.63. The molecule has 0 aromatic heterocycles. The van der Waals surface area contributed by atoms with Gasteiger partial charge in [-0.1, -0.05) is 18.2 Å². The van der Waals surface area contributed by atoms with Crippen LogP contribution in [-0.2, 0) is 14.3 Å². The molecule has 1 saturated heterocycles. The molecule has 2 aromatic rings. The van der Waals surface area contributed by atoms with Crippen LogP contribution in [0.1, 0.15) is 5.56 Å². The van der Waals surface area contributed by atoms with E-state index >= 15 is 0 Å². The molecule has 0 radical (unpaired) electrons. The van der Waals surface area contributed by atoms with E-state index in [9.17, 15) is 9.59 Å². The van der Waals surface area contributed by atoms with Crippen LogP contribution in [0, 0.1) is 0 Å². The Morgan fingerprint density at radius 2 is 1.90 bits per heavy atom. The van der Waals surface area contributed by atoms with Crippen LogP contribution in [0.3, 0.4) is 0 Å². The number of carbonyl (C=O) groups is 2. The van der Waals surface area contributed by atoms with Gasteiger partial charge < -0.3 is 14.2 Å². The number of ether oxygens (including phenoxy) is 3. The third-order valence-corrected chi connectivity index (χ3v) is 4.53. The van der Waals surface area contributed by atoms with E-state index in [1.807, 2.05) is 36.4 Å². The van der Waals surface area contributed by atoms with E-state index in [0.717, 1.165) is 17.8 Å². The Morgan fingerprint density at radius 3 is 2.69 bits per heavy atom. The second-order valence-corrected chi connectivity index (χ2v) is 6.59. The molecule has 148 valence electrons. The Balaban J connectivity index is 1.73. The minimum atomic E-state index is -0.615. The second-order valence-electron chi connectivity index (χ2n) is 5.56. The number of carbonyl (C=O) groups excluding carboxylic acids is 2. The van der Waals surface area contributed by atoms with Crippen LogP contribution >= 0.6 is 11.8 Å². The topological polar surface area (TPSA) is 98.6 Å². The fourth-order valence-corrected chi connectivity index (χ4v) is 3.00. The van der Waals surface area contributed by atoms with E-state index in [-0.39, 0.29) is 10.1 Å². The standard InChI is InChI=1S/C20H17N3O5S/c1-26-14-7-5-8-15(10-14)28-16-9-4-3-6-13(16)12-21-23-20-22-19(25)17(29-20)11-18(24)27-2/h3-12H,1-2H3,(H,22,23,25)/b17-11+,21-12?. The summed E-state index contributed by atoms with van der Waals surface area (Å²) in [5, 5.41) is 10.8. The summed E-state index contributed by atoms with van der Waals surface area (Å²) in [5.41, 5.74) is 0.694. The third kappa shape index (κ3) is 5.45. The zero-order valence-corrected chi connectivity index (χ0v) is 16.4. The van der Waals surface area contributed by atoms with Gasteiger partial charge in [0.15, 0.2) is 5.17 Å². The summed E-state index contributed by atoms with van der Waals surface area (Å²) in [7, 11) is 2.83. The number of para-hydroxylation sites is 1. The summed E-state index contributed by atoms with van der Waals surface area (Å²) in [5.74, 6) is 0.837. The molecule has 0 atom stereocenters. The number of hydrogen-bond donors (Lipinski definition) is 1. The molecule has 0 spiro atoms. The van der Waals surface area contributed by atoms with Crippen molar-refractivity contribution >= 4 is 35.0 Å². The first-order valence-corrected chi connectivity index (χ1v) is 9.21. The smallest absolute Gasteiger partial charge is 0.331 e. The predicted molar refractivity (Wildman–Crippen MR) is 110 cm³/mol. The highest BCUT2D eigenvalue weighted by molar-refractivity contribution is 8.18. The average Bonchev–Trinajstić information content (AvgIpc) is 3.08. The van der Waals surface area contributed by atoms with Gasteiger partial charge in [0, 0.05) is 17.7 Å². The minimum absolute atomic E-state index is 0.188. The second kappa shape index (κ2) is 9.56. The van der Waals surface area contributed by atoms with Gasteiger partial charge in [-0.2, -0.15) is 5.10 Å². The van der Waals surface area contributed by atoms with Gasteiger partial charge in [-0.05, 0) is 36.0 Å². The molecule has 0 unspecified atom stereocenters. The number of benzene rings is 2. The molecular weight excluding hydrogens is 394 g/mol. The van der Waals surface area contributed by atoms with Gasteiger partial charge in [-0.25, -0.2) is 4.79 Å². The number of esters is 1. The van der Waals surface area contributed by atoms with E-state index in [0.29, 0.717) is 22.8 Å². The fraction of sp³-hybridized carbons (Fsp3) is 0.100. The number of thioether (sulfide) groups is 1. The Morgan fingerprint density at radius 1 is 1.10 bits per heavy atom. The maximum Gasteiger partial charge on any atom is 0.331 e. The summed E-state index contributed by atoms with van der Waals surface area (Å²) in [4.78, 5) is 23.3. The number of rotatable bonds is 6.